The van der Waals surface area contributed by atoms with E-state index in [0.717, 1.165) is 18.4 Å². The second kappa shape index (κ2) is 4.10. The number of aryl methyl sites for hydroxylation is 1. The average molecular weight is 217 g/mol. The lowest BCUT2D eigenvalue weighted by molar-refractivity contribution is 0.310. The first-order valence-corrected chi connectivity index (χ1v) is 6.38. The lowest BCUT2D eigenvalue weighted by Gasteiger charge is -2.11. The Balaban J connectivity index is 1.81. The Kier molecular flexibility index (Phi) is 2.60. The first kappa shape index (κ1) is 10.2. The van der Waals surface area contributed by atoms with Gasteiger partial charge in [-0.3, -0.25) is 0 Å². The minimum absolute atomic E-state index is 0.430. The zero-order valence-electron chi connectivity index (χ0n) is 9.83. The van der Waals surface area contributed by atoms with Crippen molar-refractivity contribution in [2.45, 2.75) is 44.7 Å². The largest absolute Gasteiger partial charge is 0.491 e. The molecule has 1 saturated carbocycles. The van der Waals surface area contributed by atoms with Gasteiger partial charge in [-0.2, -0.15) is 0 Å². The van der Waals surface area contributed by atoms with E-state index in [2.05, 4.69) is 30.4 Å². The number of fused-ring (bicyclic) bond motifs is 1. The summed E-state index contributed by atoms with van der Waals surface area (Å²) in [6.07, 6.45) is 5.05. The summed E-state index contributed by atoms with van der Waals surface area (Å²) in [6.45, 7) is 3.03. The molecule has 0 radical (unpaired) electrons. The van der Waals surface area contributed by atoms with Crippen molar-refractivity contribution in [1.29, 1.82) is 0 Å². The van der Waals surface area contributed by atoms with Gasteiger partial charge in [-0.25, -0.2) is 0 Å². The molecule has 1 aromatic rings. The van der Waals surface area contributed by atoms with E-state index in [9.17, 15) is 0 Å². The van der Waals surface area contributed by atoms with Gasteiger partial charge in [0.2, 0.25) is 0 Å². The second-order valence-corrected chi connectivity index (χ2v) is 4.93. The Hall–Kier alpha value is -1.02. The first-order chi connectivity index (χ1) is 7.86. The number of rotatable bonds is 4. The van der Waals surface area contributed by atoms with Gasteiger partial charge in [0.25, 0.3) is 0 Å². The predicted octanol–water partition coefficient (Wildman–Crippen LogP) is 2.82. The molecule has 1 aliphatic heterocycles. The van der Waals surface area contributed by atoms with Crippen LogP contribution in [0, 0.1) is 0 Å². The van der Waals surface area contributed by atoms with Crippen LogP contribution in [0.5, 0.6) is 5.75 Å². The van der Waals surface area contributed by atoms with Crippen LogP contribution in [0.2, 0.25) is 0 Å². The molecule has 1 aromatic carbocycles. The van der Waals surface area contributed by atoms with Gasteiger partial charge >= 0.3 is 0 Å². The summed E-state index contributed by atoms with van der Waals surface area (Å²) in [6, 6.07) is 7.83. The van der Waals surface area contributed by atoms with Crippen LogP contribution in [-0.4, -0.2) is 12.6 Å². The van der Waals surface area contributed by atoms with Crippen molar-refractivity contribution in [2.24, 2.45) is 0 Å². The van der Waals surface area contributed by atoms with Crippen molar-refractivity contribution in [1.82, 2.24) is 5.32 Å². The maximum atomic E-state index is 5.71. The Labute approximate surface area is 97.0 Å². The molecule has 0 saturated heterocycles. The highest BCUT2D eigenvalue weighted by molar-refractivity contribution is 5.42. The Morgan fingerprint density at radius 3 is 3.00 bits per heavy atom. The van der Waals surface area contributed by atoms with E-state index < -0.39 is 0 Å². The summed E-state index contributed by atoms with van der Waals surface area (Å²) in [4.78, 5) is 0. The summed E-state index contributed by atoms with van der Waals surface area (Å²) in [5, 5.41) is 3.65. The number of benzene rings is 1. The lowest BCUT2D eigenvalue weighted by atomic mass is 10.0. The summed E-state index contributed by atoms with van der Waals surface area (Å²) >= 11 is 0. The summed E-state index contributed by atoms with van der Waals surface area (Å²) in [5.74, 6) is 1.08. The van der Waals surface area contributed by atoms with Gasteiger partial charge in [0.15, 0.2) is 0 Å². The third-order valence-corrected chi connectivity index (χ3v) is 3.41. The van der Waals surface area contributed by atoms with Crippen molar-refractivity contribution in [3.8, 4) is 5.75 Å². The Morgan fingerprint density at radius 2 is 2.25 bits per heavy atom. The van der Waals surface area contributed by atoms with Crippen LogP contribution in [0.4, 0.5) is 0 Å². The molecule has 0 amide bonds. The van der Waals surface area contributed by atoms with Crippen LogP contribution < -0.4 is 10.1 Å². The van der Waals surface area contributed by atoms with Gasteiger partial charge in [0.05, 0.1) is 6.04 Å². The smallest absolute Gasteiger partial charge is 0.124 e. The van der Waals surface area contributed by atoms with E-state index in [1.54, 1.807) is 0 Å². The molecule has 0 bridgehead atoms. The second-order valence-electron chi connectivity index (χ2n) is 4.93. The standard InChI is InChI=1S/C14H19NO/c1-2-3-10-4-7-14-12(8-10)13(9-16-14)15-11-5-6-11/h4,7-8,11,13,15H,2-3,5-6,9H2,1H3. The molecule has 1 unspecified atom stereocenters. The summed E-state index contributed by atoms with van der Waals surface area (Å²) < 4.78 is 5.71. The van der Waals surface area contributed by atoms with E-state index in [4.69, 9.17) is 4.74 Å². The number of nitrogens with one attached hydrogen (secondary N) is 1. The van der Waals surface area contributed by atoms with E-state index in [-0.39, 0.29) is 0 Å². The highest BCUT2D eigenvalue weighted by Gasteiger charge is 2.30. The van der Waals surface area contributed by atoms with Gasteiger partial charge in [-0.05, 0) is 30.9 Å². The third kappa shape index (κ3) is 1.94. The lowest BCUT2D eigenvalue weighted by Crippen LogP contribution is -2.24. The fourth-order valence-electron chi connectivity index (χ4n) is 2.38. The molecule has 0 aromatic heterocycles. The van der Waals surface area contributed by atoms with Crippen molar-refractivity contribution in [3.05, 3.63) is 29.3 Å². The molecule has 1 heterocycles. The van der Waals surface area contributed by atoms with Crippen LogP contribution in [0.1, 0.15) is 43.4 Å². The summed E-state index contributed by atoms with van der Waals surface area (Å²) in [7, 11) is 0. The molecule has 1 atom stereocenters. The molecule has 2 nitrogen and oxygen atoms in total. The van der Waals surface area contributed by atoms with Crippen LogP contribution in [0.3, 0.4) is 0 Å². The normalized spacial score (nSPS) is 22.9. The van der Waals surface area contributed by atoms with Gasteiger partial charge in [-0.15, -0.1) is 0 Å². The molecule has 2 heteroatoms. The maximum absolute atomic E-state index is 5.71. The topological polar surface area (TPSA) is 21.3 Å². The number of ether oxygens (including phenoxy) is 1. The van der Waals surface area contributed by atoms with Crippen LogP contribution >= 0.6 is 0 Å². The monoisotopic (exact) mass is 217 g/mol. The predicted molar refractivity (Wildman–Crippen MR) is 64.8 cm³/mol. The van der Waals surface area contributed by atoms with Crippen LogP contribution in [-0.2, 0) is 6.42 Å². The molecule has 3 rings (SSSR count). The quantitative estimate of drug-likeness (QED) is 0.837. The first-order valence-electron chi connectivity index (χ1n) is 6.38. The molecule has 1 aliphatic carbocycles. The SMILES string of the molecule is CCCc1ccc2c(c1)C(NC1CC1)CO2. The third-order valence-electron chi connectivity index (χ3n) is 3.41. The van der Waals surface area contributed by atoms with Crippen molar-refractivity contribution >= 4 is 0 Å². The molecule has 1 fully saturated rings. The fraction of sp³-hybridized carbons (Fsp3) is 0.571. The molecule has 0 spiro atoms. The average Bonchev–Trinajstić information content (AvgIpc) is 3.01. The molecular formula is C14H19NO. The molecule has 16 heavy (non-hydrogen) atoms. The molecule has 2 aliphatic rings. The van der Waals surface area contributed by atoms with Crippen LogP contribution in [0.25, 0.3) is 0 Å². The zero-order chi connectivity index (χ0) is 11.0. The highest BCUT2D eigenvalue weighted by Crippen LogP contribution is 2.35. The van der Waals surface area contributed by atoms with Gasteiger partial charge in [0, 0.05) is 11.6 Å². The number of hydrogen-bond acceptors (Lipinski definition) is 2. The van der Waals surface area contributed by atoms with Crippen molar-refractivity contribution < 1.29 is 4.74 Å². The Morgan fingerprint density at radius 1 is 1.38 bits per heavy atom. The van der Waals surface area contributed by atoms with Gasteiger partial charge in [0.1, 0.15) is 12.4 Å². The van der Waals surface area contributed by atoms with Gasteiger partial charge < -0.3 is 10.1 Å². The minimum atomic E-state index is 0.430. The number of hydrogen-bond donors (Lipinski definition) is 1. The molecular weight excluding hydrogens is 198 g/mol. The van der Waals surface area contributed by atoms with E-state index in [0.29, 0.717) is 6.04 Å². The zero-order valence-corrected chi connectivity index (χ0v) is 9.83. The highest BCUT2D eigenvalue weighted by atomic mass is 16.5. The summed E-state index contributed by atoms with van der Waals surface area (Å²) in [5.41, 5.74) is 2.81. The Bertz CT molecular complexity index is 384. The van der Waals surface area contributed by atoms with E-state index >= 15 is 0 Å². The van der Waals surface area contributed by atoms with Crippen LogP contribution in [0.15, 0.2) is 18.2 Å². The van der Waals surface area contributed by atoms with Gasteiger partial charge in [-0.1, -0.05) is 25.5 Å². The maximum Gasteiger partial charge on any atom is 0.124 e. The van der Waals surface area contributed by atoms with Crippen molar-refractivity contribution in [2.75, 3.05) is 6.61 Å². The van der Waals surface area contributed by atoms with E-state index in [1.807, 2.05) is 0 Å². The van der Waals surface area contributed by atoms with E-state index in [1.165, 1.54) is 36.8 Å². The molecule has 1 N–H and O–H groups in total. The van der Waals surface area contributed by atoms with Crippen molar-refractivity contribution in [3.63, 3.8) is 0 Å². The fourth-order valence-corrected chi connectivity index (χ4v) is 2.38. The molecule has 86 valence electrons. The minimum Gasteiger partial charge on any atom is -0.491 e.